The van der Waals surface area contributed by atoms with E-state index in [2.05, 4.69) is 35.3 Å². The molecule has 0 saturated heterocycles. The molecule has 0 aliphatic carbocycles. The van der Waals surface area contributed by atoms with E-state index in [9.17, 15) is 0 Å². The van der Waals surface area contributed by atoms with Crippen LogP contribution < -0.4 is 4.74 Å². The monoisotopic (exact) mass is 358 g/mol. The third-order valence-corrected chi connectivity index (χ3v) is 4.90. The molecular formula is C19H19ClN2OS. The Bertz CT molecular complexity index is 845. The van der Waals surface area contributed by atoms with E-state index in [0.717, 1.165) is 27.6 Å². The van der Waals surface area contributed by atoms with Gasteiger partial charge in [-0.2, -0.15) is 0 Å². The highest BCUT2D eigenvalue weighted by molar-refractivity contribution is 7.17. The molecule has 3 aromatic rings. The van der Waals surface area contributed by atoms with Gasteiger partial charge >= 0.3 is 0 Å². The van der Waals surface area contributed by atoms with Gasteiger partial charge in [-0.3, -0.25) is 0 Å². The van der Waals surface area contributed by atoms with E-state index >= 15 is 0 Å². The van der Waals surface area contributed by atoms with Gasteiger partial charge in [0, 0.05) is 11.1 Å². The van der Waals surface area contributed by atoms with Gasteiger partial charge in [0.05, 0.1) is 11.1 Å². The lowest BCUT2D eigenvalue weighted by Gasteiger charge is -2.11. The number of rotatable bonds is 5. The van der Waals surface area contributed by atoms with Crippen LogP contribution in [0.4, 0.5) is 0 Å². The lowest BCUT2D eigenvalue weighted by atomic mass is 10.1. The quantitative estimate of drug-likeness (QED) is 0.571. The first kappa shape index (κ1) is 16.9. The molecule has 0 fully saturated rings. The maximum absolute atomic E-state index is 6.33. The van der Waals surface area contributed by atoms with Crippen LogP contribution in [-0.4, -0.2) is 16.3 Å². The molecule has 0 saturated carbocycles. The zero-order valence-corrected chi connectivity index (χ0v) is 15.5. The van der Waals surface area contributed by atoms with Crippen LogP contribution in [0.15, 0.2) is 42.5 Å². The summed E-state index contributed by atoms with van der Waals surface area (Å²) < 4.78 is 5.68. The van der Waals surface area contributed by atoms with Crippen LogP contribution in [0.25, 0.3) is 21.1 Å². The van der Waals surface area contributed by atoms with Gasteiger partial charge in [-0.1, -0.05) is 54.1 Å². The molecule has 124 valence electrons. The summed E-state index contributed by atoms with van der Waals surface area (Å²) in [4.78, 5) is 0. The van der Waals surface area contributed by atoms with Crippen molar-refractivity contribution in [3.05, 3.63) is 53.1 Å². The average Bonchev–Trinajstić information content (AvgIpc) is 3.06. The van der Waals surface area contributed by atoms with Gasteiger partial charge in [-0.05, 0) is 44.0 Å². The van der Waals surface area contributed by atoms with E-state index in [1.165, 1.54) is 5.56 Å². The molecule has 0 aliphatic heterocycles. The van der Waals surface area contributed by atoms with Gasteiger partial charge < -0.3 is 4.74 Å². The molecule has 1 heterocycles. The first-order chi connectivity index (χ1) is 11.6. The molecule has 0 atom stereocenters. The van der Waals surface area contributed by atoms with Crippen LogP contribution in [-0.2, 0) is 6.42 Å². The Balaban J connectivity index is 1.92. The number of nitrogens with zero attached hydrogens (tertiary/aromatic N) is 2. The van der Waals surface area contributed by atoms with Gasteiger partial charge in [0.1, 0.15) is 15.8 Å². The van der Waals surface area contributed by atoms with Crippen molar-refractivity contribution < 1.29 is 4.74 Å². The fourth-order valence-corrected chi connectivity index (χ4v) is 3.59. The van der Waals surface area contributed by atoms with Crippen LogP contribution in [0.3, 0.4) is 0 Å². The number of halogens is 1. The fraction of sp³-hybridized carbons (Fsp3) is 0.263. The van der Waals surface area contributed by atoms with Crippen molar-refractivity contribution in [2.45, 2.75) is 33.3 Å². The van der Waals surface area contributed by atoms with Crippen LogP contribution in [0.5, 0.6) is 5.75 Å². The van der Waals surface area contributed by atoms with Crippen molar-refractivity contribution in [2.24, 2.45) is 0 Å². The molecule has 3 rings (SSSR count). The molecular weight excluding hydrogens is 340 g/mol. The van der Waals surface area contributed by atoms with Crippen molar-refractivity contribution in [3.8, 4) is 26.9 Å². The zero-order valence-electron chi connectivity index (χ0n) is 13.9. The second-order valence-electron chi connectivity index (χ2n) is 5.73. The zero-order chi connectivity index (χ0) is 17.1. The van der Waals surface area contributed by atoms with Crippen molar-refractivity contribution in [1.82, 2.24) is 10.2 Å². The van der Waals surface area contributed by atoms with Crippen molar-refractivity contribution in [3.63, 3.8) is 0 Å². The van der Waals surface area contributed by atoms with Crippen molar-refractivity contribution in [1.29, 1.82) is 0 Å². The minimum Gasteiger partial charge on any atom is -0.489 e. The van der Waals surface area contributed by atoms with Crippen molar-refractivity contribution >= 4 is 22.9 Å². The summed E-state index contributed by atoms with van der Waals surface area (Å²) in [6.07, 6.45) is 1.06. The van der Waals surface area contributed by atoms with Gasteiger partial charge in [0.15, 0.2) is 0 Å². The van der Waals surface area contributed by atoms with Gasteiger partial charge in [-0.25, -0.2) is 0 Å². The predicted octanol–water partition coefficient (Wildman–Crippen LogP) is 5.88. The second-order valence-corrected chi connectivity index (χ2v) is 7.12. The van der Waals surface area contributed by atoms with E-state index < -0.39 is 0 Å². The normalized spacial score (nSPS) is 11.0. The molecule has 0 amide bonds. The van der Waals surface area contributed by atoms with Gasteiger partial charge in [0.2, 0.25) is 0 Å². The van der Waals surface area contributed by atoms with Crippen LogP contribution >= 0.6 is 22.9 Å². The maximum Gasteiger partial charge on any atom is 0.148 e. The molecule has 1 aromatic heterocycles. The minimum atomic E-state index is 0.0898. The number of hydrogen-bond acceptors (Lipinski definition) is 4. The minimum absolute atomic E-state index is 0.0898. The SMILES string of the molecule is CCc1ccccc1-c1nnc(-c2ccc(OC(C)C)c(Cl)c2)s1. The molecule has 0 unspecified atom stereocenters. The number of aryl methyl sites for hydroxylation is 1. The largest absolute Gasteiger partial charge is 0.489 e. The fourth-order valence-electron chi connectivity index (χ4n) is 2.47. The summed E-state index contributed by atoms with van der Waals surface area (Å²) in [5.41, 5.74) is 3.38. The second kappa shape index (κ2) is 7.32. The summed E-state index contributed by atoms with van der Waals surface area (Å²) in [7, 11) is 0. The standard InChI is InChI=1S/C19H19ClN2OS/c1-4-13-7-5-6-8-15(13)19-22-21-18(24-19)14-9-10-17(16(20)11-14)23-12(2)3/h5-12H,4H2,1-3H3. The Hall–Kier alpha value is -1.91. The highest BCUT2D eigenvalue weighted by Crippen LogP contribution is 2.35. The number of benzene rings is 2. The first-order valence-corrected chi connectivity index (χ1v) is 9.16. The topological polar surface area (TPSA) is 35.0 Å². The smallest absolute Gasteiger partial charge is 0.148 e. The third kappa shape index (κ3) is 3.60. The predicted molar refractivity (Wildman–Crippen MR) is 101 cm³/mol. The highest BCUT2D eigenvalue weighted by atomic mass is 35.5. The van der Waals surface area contributed by atoms with E-state index in [1.54, 1.807) is 11.3 Å². The van der Waals surface area contributed by atoms with Gasteiger partial charge in [-0.15, -0.1) is 10.2 Å². The Labute approximate surface area is 151 Å². The Morgan fingerprint density at radius 1 is 1.08 bits per heavy atom. The lowest BCUT2D eigenvalue weighted by molar-refractivity contribution is 0.242. The first-order valence-electron chi connectivity index (χ1n) is 7.97. The highest BCUT2D eigenvalue weighted by Gasteiger charge is 2.13. The van der Waals surface area contributed by atoms with E-state index in [4.69, 9.17) is 16.3 Å². The molecule has 3 nitrogen and oxygen atoms in total. The Morgan fingerprint density at radius 3 is 2.54 bits per heavy atom. The molecule has 5 heteroatoms. The number of hydrogen-bond donors (Lipinski definition) is 0. The summed E-state index contributed by atoms with van der Waals surface area (Å²) in [5, 5.41) is 11.1. The van der Waals surface area contributed by atoms with E-state index in [1.807, 2.05) is 38.1 Å². The molecule has 0 bridgehead atoms. The molecule has 2 aromatic carbocycles. The summed E-state index contributed by atoms with van der Waals surface area (Å²) in [5.74, 6) is 0.691. The molecule has 0 spiro atoms. The third-order valence-electron chi connectivity index (χ3n) is 3.60. The van der Waals surface area contributed by atoms with E-state index in [-0.39, 0.29) is 6.10 Å². The molecule has 0 aliphatic rings. The van der Waals surface area contributed by atoms with Crippen LogP contribution in [0.2, 0.25) is 5.02 Å². The maximum atomic E-state index is 6.33. The van der Waals surface area contributed by atoms with Gasteiger partial charge in [0.25, 0.3) is 0 Å². The lowest BCUT2D eigenvalue weighted by Crippen LogP contribution is -2.05. The Kier molecular flexibility index (Phi) is 5.17. The summed E-state index contributed by atoms with van der Waals surface area (Å²) in [6, 6.07) is 14.1. The van der Waals surface area contributed by atoms with Crippen LogP contribution in [0.1, 0.15) is 26.3 Å². The Morgan fingerprint density at radius 2 is 1.83 bits per heavy atom. The summed E-state index contributed by atoms with van der Waals surface area (Å²) >= 11 is 7.90. The van der Waals surface area contributed by atoms with Crippen molar-refractivity contribution in [2.75, 3.05) is 0 Å². The van der Waals surface area contributed by atoms with Crippen LogP contribution in [0, 0.1) is 0 Å². The molecule has 0 N–H and O–H groups in total. The molecule has 24 heavy (non-hydrogen) atoms. The molecule has 0 radical (unpaired) electrons. The number of ether oxygens (including phenoxy) is 1. The number of aromatic nitrogens is 2. The average molecular weight is 359 g/mol. The summed E-state index contributed by atoms with van der Waals surface area (Å²) in [6.45, 7) is 6.10. The van der Waals surface area contributed by atoms with E-state index in [0.29, 0.717) is 10.8 Å².